The molecule has 2 amide bonds. The van der Waals surface area contributed by atoms with Gasteiger partial charge < -0.3 is 14.2 Å². The summed E-state index contributed by atoms with van der Waals surface area (Å²) in [6.45, 7) is 0.358. The zero-order chi connectivity index (χ0) is 21.1. The number of carbonyl (C=O) groups excluding carboxylic acids is 2. The SMILES string of the molecule is O=C(CCCN1C(=O)/C(=C/c2ccco2)SC1=S)Nc1ccc2oc(=O)ccc2c1. The standard InChI is InChI=1S/C21H16N2O5S2/c24-18(22-14-6-7-16-13(11-14)5-8-19(25)28-16)4-1-9-23-20(26)17(30-21(23)29)12-15-3-2-10-27-15/h2-3,5-8,10-12H,1,4,9H2,(H,22,24)/b17-12-. The molecule has 3 heterocycles. The van der Waals surface area contributed by atoms with E-state index in [4.69, 9.17) is 21.1 Å². The van der Waals surface area contributed by atoms with Gasteiger partial charge in [0, 0.05) is 36.2 Å². The zero-order valence-electron chi connectivity index (χ0n) is 15.6. The number of thioether (sulfide) groups is 1. The third-order valence-electron chi connectivity index (χ3n) is 4.38. The third kappa shape index (κ3) is 4.52. The molecule has 0 bridgehead atoms. The van der Waals surface area contributed by atoms with Crippen LogP contribution < -0.4 is 10.9 Å². The average Bonchev–Trinajstić information content (AvgIpc) is 3.32. The van der Waals surface area contributed by atoms with Gasteiger partial charge in [0.2, 0.25) is 5.91 Å². The van der Waals surface area contributed by atoms with E-state index in [9.17, 15) is 14.4 Å². The van der Waals surface area contributed by atoms with Crippen LogP contribution in [-0.2, 0) is 9.59 Å². The van der Waals surface area contributed by atoms with E-state index in [-0.39, 0.29) is 18.2 Å². The van der Waals surface area contributed by atoms with Crippen LogP contribution in [0.15, 0.2) is 67.3 Å². The molecule has 0 saturated carbocycles. The number of amides is 2. The Morgan fingerprint density at radius 1 is 1.20 bits per heavy atom. The highest BCUT2D eigenvalue weighted by atomic mass is 32.2. The molecule has 0 spiro atoms. The lowest BCUT2D eigenvalue weighted by molar-refractivity contribution is -0.122. The van der Waals surface area contributed by atoms with Crippen LogP contribution in [0, 0.1) is 0 Å². The van der Waals surface area contributed by atoms with Crippen molar-refractivity contribution in [1.29, 1.82) is 0 Å². The lowest BCUT2D eigenvalue weighted by Gasteiger charge is -2.14. The first kappa shape index (κ1) is 20.1. The Morgan fingerprint density at radius 2 is 2.07 bits per heavy atom. The van der Waals surface area contributed by atoms with Gasteiger partial charge in [0.25, 0.3) is 5.91 Å². The number of benzene rings is 1. The van der Waals surface area contributed by atoms with E-state index < -0.39 is 5.63 Å². The topological polar surface area (TPSA) is 92.8 Å². The summed E-state index contributed by atoms with van der Waals surface area (Å²) in [5.41, 5.74) is 0.639. The molecule has 1 N–H and O–H groups in total. The predicted octanol–water partition coefficient (Wildman–Crippen LogP) is 4.01. The lowest BCUT2D eigenvalue weighted by atomic mass is 10.2. The highest BCUT2D eigenvalue weighted by Crippen LogP contribution is 2.32. The first-order valence-electron chi connectivity index (χ1n) is 9.12. The first-order valence-corrected chi connectivity index (χ1v) is 10.3. The van der Waals surface area contributed by atoms with Crippen LogP contribution in [0.3, 0.4) is 0 Å². The zero-order valence-corrected chi connectivity index (χ0v) is 17.3. The van der Waals surface area contributed by atoms with Crippen molar-refractivity contribution in [2.45, 2.75) is 12.8 Å². The van der Waals surface area contributed by atoms with Crippen molar-refractivity contribution in [3.05, 3.63) is 69.8 Å². The van der Waals surface area contributed by atoms with Crippen molar-refractivity contribution in [3.63, 3.8) is 0 Å². The van der Waals surface area contributed by atoms with Gasteiger partial charge >= 0.3 is 5.63 Å². The van der Waals surface area contributed by atoms with Crippen LogP contribution in [0.4, 0.5) is 5.69 Å². The van der Waals surface area contributed by atoms with Crippen LogP contribution in [0.5, 0.6) is 0 Å². The fourth-order valence-electron chi connectivity index (χ4n) is 2.97. The molecule has 0 atom stereocenters. The smallest absolute Gasteiger partial charge is 0.336 e. The Morgan fingerprint density at radius 3 is 2.87 bits per heavy atom. The quantitative estimate of drug-likeness (QED) is 0.352. The summed E-state index contributed by atoms with van der Waals surface area (Å²) in [6, 6.07) is 11.5. The van der Waals surface area contributed by atoms with Gasteiger partial charge in [-0.05, 0) is 42.8 Å². The van der Waals surface area contributed by atoms with Gasteiger partial charge in [-0.25, -0.2) is 4.79 Å². The van der Waals surface area contributed by atoms with E-state index in [2.05, 4.69) is 5.32 Å². The fraction of sp³-hybridized carbons (Fsp3) is 0.143. The van der Waals surface area contributed by atoms with Gasteiger partial charge in [-0.15, -0.1) is 0 Å². The molecule has 0 unspecified atom stereocenters. The summed E-state index contributed by atoms with van der Waals surface area (Å²) >= 11 is 6.51. The number of carbonyl (C=O) groups is 2. The molecule has 0 radical (unpaired) electrons. The minimum Gasteiger partial charge on any atom is -0.465 e. The molecule has 30 heavy (non-hydrogen) atoms. The number of thiocarbonyl (C=S) groups is 1. The van der Waals surface area contributed by atoms with E-state index in [1.54, 1.807) is 42.5 Å². The minimum atomic E-state index is -0.422. The monoisotopic (exact) mass is 440 g/mol. The van der Waals surface area contributed by atoms with Crippen molar-refractivity contribution >= 4 is 62.8 Å². The molecular weight excluding hydrogens is 424 g/mol. The molecule has 9 heteroatoms. The second-order valence-corrected chi connectivity index (χ2v) is 8.18. The molecule has 1 aliphatic heterocycles. The normalized spacial score (nSPS) is 15.3. The first-order chi connectivity index (χ1) is 14.5. The summed E-state index contributed by atoms with van der Waals surface area (Å²) in [4.78, 5) is 38.0. The minimum absolute atomic E-state index is 0.177. The number of nitrogens with one attached hydrogen (secondary N) is 1. The van der Waals surface area contributed by atoms with Crippen molar-refractivity contribution in [2.75, 3.05) is 11.9 Å². The van der Waals surface area contributed by atoms with Crippen LogP contribution >= 0.6 is 24.0 Å². The number of fused-ring (bicyclic) bond motifs is 1. The molecule has 3 aromatic rings. The molecule has 7 nitrogen and oxygen atoms in total. The summed E-state index contributed by atoms with van der Waals surface area (Å²) in [5, 5.41) is 3.53. The predicted molar refractivity (Wildman–Crippen MR) is 119 cm³/mol. The summed E-state index contributed by atoms with van der Waals surface area (Å²) in [6.07, 6.45) is 3.90. The largest absolute Gasteiger partial charge is 0.465 e. The Balaban J connectivity index is 1.31. The molecule has 1 fully saturated rings. The molecule has 2 aromatic heterocycles. The number of furan rings is 1. The van der Waals surface area contributed by atoms with E-state index in [1.807, 2.05) is 0 Å². The Bertz CT molecular complexity index is 1210. The van der Waals surface area contributed by atoms with E-state index in [0.717, 1.165) is 0 Å². The maximum Gasteiger partial charge on any atom is 0.336 e. The molecule has 1 aliphatic rings. The number of anilines is 1. The molecule has 0 aliphatic carbocycles. The number of hydrogen-bond donors (Lipinski definition) is 1. The van der Waals surface area contributed by atoms with E-state index >= 15 is 0 Å². The van der Waals surface area contributed by atoms with Gasteiger partial charge in [0.15, 0.2) is 0 Å². The Hall–Kier alpha value is -3.17. The van der Waals surface area contributed by atoms with Gasteiger partial charge in [-0.2, -0.15) is 0 Å². The molecule has 1 saturated heterocycles. The third-order valence-corrected chi connectivity index (χ3v) is 5.76. The van der Waals surface area contributed by atoms with Crippen molar-refractivity contribution in [1.82, 2.24) is 4.90 Å². The van der Waals surface area contributed by atoms with Crippen LogP contribution in [-0.4, -0.2) is 27.6 Å². The van der Waals surface area contributed by atoms with Crippen molar-refractivity contribution in [2.24, 2.45) is 0 Å². The Kier molecular flexibility index (Phi) is 5.82. The summed E-state index contributed by atoms with van der Waals surface area (Å²) in [7, 11) is 0. The highest BCUT2D eigenvalue weighted by molar-refractivity contribution is 8.26. The second kappa shape index (κ2) is 8.68. The van der Waals surface area contributed by atoms with Crippen molar-refractivity contribution in [3.8, 4) is 0 Å². The molecular formula is C21H16N2O5S2. The number of rotatable bonds is 6. The fourth-order valence-corrected chi connectivity index (χ4v) is 4.25. The van der Waals surface area contributed by atoms with E-state index in [1.165, 1.54) is 29.0 Å². The Labute approximate surface area is 180 Å². The molecule has 1 aromatic carbocycles. The van der Waals surface area contributed by atoms with Gasteiger partial charge in [0.05, 0.1) is 11.2 Å². The molecule has 4 rings (SSSR count). The lowest BCUT2D eigenvalue weighted by Crippen LogP contribution is -2.29. The highest BCUT2D eigenvalue weighted by Gasteiger charge is 2.31. The van der Waals surface area contributed by atoms with Crippen LogP contribution in [0.2, 0.25) is 0 Å². The number of nitrogens with zero attached hydrogens (tertiary/aromatic N) is 1. The maximum atomic E-state index is 12.5. The van der Waals surface area contributed by atoms with Crippen LogP contribution in [0.1, 0.15) is 18.6 Å². The average molecular weight is 441 g/mol. The van der Waals surface area contributed by atoms with Gasteiger partial charge in [0.1, 0.15) is 15.7 Å². The molecule has 152 valence electrons. The number of hydrogen-bond acceptors (Lipinski definition) is 7. The van der Waals surface area contributed by atoms with Crippen LogP contribution in [0.25, 0.3) is 17.0 Å². The van der Waals surface area contributed by atoms with E-state index in [0.29, 0.717) is 44.6 Å². The second-order valence-electron chi connectivity index (χ2n) is 6.51. The maximum absolute atomic E-state index is 12.5. The van der Waals surface area contributed by atoms with Gasteiger partial charge in [-0.3, -0.25) is 14.5 Å². The van der Waals surface area contributed by atoms with Gasteiger partial charge in [-0.1, -0.05) is 24.0 Å². The summed E-state index contributed by atoms with van der Waals surface area (Å²) in [5.74, 6) is 0.227. The van der Waals surface area contributed by atoms with Crippen molar-refractivity contribution < 1.29 is 18.4 Å². The summed E-state index contributed by atoms with van der Waals surface area (Å²) < 4.78 is 10.8.